The lowest BCUT2D eigenvalue weighted by Gasteiger charge is -2.23. The molecule has 0 aliphatic heterocycles. The van der Waals surface area contributed by atoms with Crippen molar-refractivity contribution in [3.05, 3.63) is 125 Å². The third-order valence-corrected chi connectivity index (χ3v) is 9.45. The number of likely N-dealkylation sites (N-methyl/N-ethyl adjacent to an activating group) is 1. The van der Waals surface area contributed by atoms with Crippen LogP contribution in [0.4, 0.5) is 17.1 Å². The second-order valence-electron chi connectivity index (χ2n) is 10.5. The minimum absolute atomic E-state index is 0.230. The Morgan fingerprint density at radius 1 is 0.705 bits per heavy atom. The van der Waals surface area contributed by atoms with Gasteiger partial charge in [-0.3, -0.25) is 4.57 Å². The first kappa shape index (κ1) is 33.3. The first-order chi connectivity index (χ1) is 21.4. The summed E-state index contributed by atoms with van der Waals surface area (Å²) in [6.45, 7) is 11.6. The monoisotopic (exact) mass is 613 g/mol. The van der Waals surface area contributed by atoms with Crippen LogP contribution in [0.3, 0.4) is 0 Å². The molecule has 0 amide bonds. The van der Waals surface area contributed by atoms with Gasteiger partial charge in [-0.05, 0) is 79.4 Å². The minimum atomic E-state index is -3.14. The van der Waals surface area contributed by atoms with Crippen LogP contribution in [0, 0.1) is 0 Å². The maximum atomic E-state index is 12.8. The molecule has 232 valence electrons. The zero-order valence-electron chi connectivity index (χ0n) is 26.3. The van der Waals surface area contributed by atoms with Crippen molar-refractivity contribution < 1.29 is 18.3 Å². The highest BCUT2D eigenvalue weighted by atomic mass is 31.2. The van der Waals surface area contributed by atoms with E-state index in [9.17, 15) is 4.57 Å². The molecule has 0 bridgehead atoms. The predicted molar refractivity (Wildman–Crippen MR) is 180 cm³/mol. The number of nitrogens with zero attached hydrogens (tertiary/aromatic N) is 3. The van der Waals surface area contributed by atoms with Crippen LogP contribution in [0.5, 0.6) is 0 Å². The van der Waals surface area contributed by atoms with Gasteiger partial charge in [-0.1, -0.05) is 73.7 Å². The quantitative estimate of drug-likeness (QED) is 0.0673. The van der Waals surface area contributed by atoms with Gasteiger partial charge in [-0.25, -0.2) is 0 Å². The molecule has 0 aliphatic rings. The van der Waals surface area contributed by atoms with Gasteiger partial charge in [0.2, 0.25) is 0 Å². The summed E-state index contributed by atoms with van der Waals surface area (Å²) >= 11 is 0. The van der Waals surface area contributed by atoms with Gasteiger partial charge < -0.3 is 18.7 Å². The van der Waals surface area contributed by atoms with E-state index in [-0.39, 0.29) is 6.16 Å². The molecule has 0 radical (unpaired) electrons. The molecular weight excluding hydrogens is 569 g/mol. The number of benzene rings is 4. The molecule has 0 N–H and O–H groups in total. The average molecular weight is 614 g/mol. The molecule has 7 nitrogen and oxygen atoms in total. The molecule has 0 saturated heterocycles. The van der Waals surface area contributed by atoms with E-state index in [4.69, 9.17) is 13.8 Å². The van der Waals surface area contributed by atoms with Gasteiger partial charge in [0.25, 0.3) is 0 Å². The molecule has 1 atom stereocenters. The van der Waals surface area contributed by atoms with Crippen molar-refractivity contribution in [2.24, 2.45) is 10.2 Å². The average Bonchev–Trinajstić information content (AvgIpc) is 3.05. The van der Waals surface area contributed by atoms with E-state index < -0.39 is 7.60 Å². The molecule has 0 aliphatic carbocycles. The Kier molecular flexibility index (Phi) is 12.9. The van der Waals surface area contributed by atoms with Crippen molar-refractivity contribution in [3.63, 3.8) is 0 Å². The van der Waals surface area contributed by atoms with Crippen molar-refractivity contribution in [2.45, 2.75) is 46.4 Å². The summed E-state index contributed by atoms with van der Waals surface area (Å²) in [4.78, 5) is 2.29. The molecule has 0 spiro atoms. The smallest absolute Gasteiger partial charge is 0.335 e. The predicted octanol–water partition coefficient (Wildman–Crippen LogP) is 10.1. The molecule has 4 aromatic rings. The van der Waals surface area contributed by atoms with Crippen molar-refractivity contribution in [1.29, 1.82) is 0 Å². The van der Waals surface area contributed by atoms with Crippen LogP contribution in [0.15, 0.2) is 113 Å². The first-order valence-corrected chi connectivity index (χ1v) is 17.1. The van der Waals surface area contributed by atoms with Crippen LogP contribution in [-0.2, 0) is 31.1 Å². The molecule has 0 heterocycles. The standard InChI is InChI=1S/C36H44N3O4P/c1-5-39(25-26-41-27-30-13-17-33(18-14-30)29(4)32-11-9-8-10-12-32)36-23-21-35(22-24-36)38-37-34-19-15-31(16-20-34)28-44(40,42-6-2)43-7-3/h8-24,29H,5-7,25-28H2,1-4H3. The van der Waals surface area contributed by atoms with Crippen molar-refractivity contribution in [3.8, 4) is 0 Å². The van der Waals surface area contributed by atoms with Crippen molar-refractivity contribution in [2.75, 3.05) is 37.8 Å². The van der Waals surface area contributed by atoms with Crippen LogP contribution in [-0.4, -0.2) is 32.9 Å². The largest absolute Gasteiger partial charge is 0.375 e. The lowest BCUT2D eigenvalue weighted by Crippen LogP contribution is -2.26. The van der Waals surface area contributed by atoms with Gasteiger partial charge in [-0.2, -0.15) is 10.2 Å². The fraction of sp³-hybridized carbons (Fsp3) is 0.333. The van der Waals surface area contributed by atoms with Crippen LogP contribution in [0.25, 0.3) is 0 Å². The Balaban J connectivity index is 1.23. The molecule has 4 rings (SSSR count). The number of ether oxygens (including phenoxy) is 1. The molecule has 0 fully saturated rings. The molecule has 44 heavy (non-hydrogen) atoms. The van der Waals surface area contributed by atoms with Gasteiger partial charge >= 0.3 is 7.60 Å². The fourth-order valence-electron chi connectivity index (χ4n) is 4.93. The Morgan fingerprint density at radius 3 is 1.82 bits per heavy atom. The van der Waals surface area contributed by atoms with Crippen LogP contribution >= 0.6 is 7.60 Å². The van der Waals surface area contributed by atoms with E-state index in [1.54, 1.807) is 0 Å². The summed E-state index contributed by atoms with van der Waals surface area (Å²) in [5.74, 6) is 0.365. The second-order valence-corrected chi connectivity index (χ2v) is 12.5. The summed E-state index contributed by atoms with van der Waals surface area (Å²) < 4.78 is 29.6. The number of rotatable bonds is 17. The van der Waals surface area contributed by atoms with E-state index in [0.29, 0.717) is 38.0 Å². The number of hydrogen-bond acceptors (Lipinski definition) is 7. The Morgan fingerprint density at radius 2 is 1.25 bits per heavy atom. The molecule has 8 heteroatoms. The lowest BCUT2D eigenvalue weighted by atomic mass is 9.93. The highest BCUT2D eigenvalue weighted by molar-refractivity contribution is 7.53. The van der Waals surface area contributed by atoms with Crippen LogP contribution < -0.4 is 4.90 Å². The molecular formula is C36H44N3O4P. The van der Waals surface area contributed by atoms with Crippen LogP contribution in [0.2, 0.25) is 0 Å². The first-order valence-electron chi connectivity index (χ1n) is 15.4. The van der Waals surface area contributed by atoms with Crippen molar-refractivity contribution >= 4 is 24.7 Å². The Hall–Kier alpha value is -3.61. The summed E-state index contributed by atoms with van der Waals surface area (Å²) in [5.41, 5.74) is 7.28. The summed E-state index contributed by atoms with van der Waals surface area (Å²) in [7, 11) is -3.14. The summed E-state index contributed by atoms with van der Waals surface area (Å²) in [6.07, 6.45) is 0.230. The minimum Gasteiger partial charge on any atom is -0.375 e. The van der Waals surface area contributed by atoms with Gasteiger partial charge in [0.1, 0.15) is 0 Å². The SMILES string of the molecule is CCOP(=O)(Cc1ccc(N=Nc2ccc(N(CC)CCOCc3ccc(C(C)c4ccccc4)cc3)cc2)cc1)OCC. The number of anilines is 1. The summed E-state index contributed by atoms with van der Waals surface area (Å²) in [5, 5.41) is 8.75. The van der Waals surface area contributed by atoms with Gasteiger partial charge in [0.05, 0.1) is 44.0 Å². The van der Waals surface area contributed by atoms with E-state index in [1.807, 2.05) is 50.2 Å². The van der Waals surface area contributed by atoms with Gasteiger partial charge in [0.15, 0.2) is 0 Å². The Labute approximate surface area is 262 Å². The van der Waals surface area contributed by atoms with E-state index in [2.05, 4.69) is 95.7 Å². The van der Waals surface area contributed by atoms with E-state index in [1.165, 1.54) is 16.7 Å². The highest BCUT2D eigenvalue weighted by Crippen LogP contribution is 2.51. The van der Waals surface area contributed by atoms with Crippen LogP contribution in [0.1, 0.15) is 55.9 Å². The maximum Gasteiger partial charge on any atom is 0.335 e. The second kappa shape index (κ2) is 17.0. The number of azo groups is 1. The normalized spacial score (nSPS) is 12.5. The van der Waals surface area contributed by atoms with Gasteiger partial charge in [-0.15, -0.1) is 0 Å². The molecule has 4 aromatic carbocycles. The fourth-order valence-corrected chi connectivity index (χ4v) is 6.63. The third kappa shape index (κ3) is 9.96. The highest BCUT2D eigenvalue weighted by Gasteiger charge is 2.23. The molecule has 1 unspecified atom stereocenters. The zero-order valence-corrected chi connectivity index (χ0v) is 27.2. The maximum absolute atomic E-state index is 12.8. The van der Waals surface area contributed by atoms with E-state index >= 15 is 0 Å². The van der Waals surface area contributed by atoms with Gasteiger partial charge in [0, 0.05) is 24.7 Å². The molecule has 0 saturated carbocycles. The third-order valence-electron chi connectivity index (χ3n) is 7.40. The Bertz CT molecular complexity index is 1470. The van der Waals surface area contributed by atoms with Crippen molar-refractivity contribution in [1.82, 2.24) is 0 Å². The topological polar surface area (TPSA) is 72.7 Å². The summed E-state index contributed by atoms with van der Waals surface area (Å²) in [6, 6.07) is 34.8. The lowest BCUT2D eigenvalue weighted by molar-refractivity contribution is 0.127. The van der Waals surface area contributed by atoms with E-state index in [0.717, 1.165) is 30.0 Å². The number of hydrogen-bond donors (Lipinski definition) is 0. The molecule has 0 aromatic heterocycles. The zero-order chi connectivity index (χ0) is 31.2.